The summed E-state index contributed by atoms with van der Waals surface area (Å²) in [6, 6.07) is 2.33. The molecule has 0 N–H and O–H groups in total. The van der Waals surface area contributed by atoms with Gasteiger partial charge in [-0.1, -0.05) is 12.2 Å². The quantitative estimate of drug-likeness (QED) is 0.354. The van der Waals surface area contributed by atoms with Gasteiger partial charge in [-0.25, -0.2) is 8.78 Å². The average molecular weight is 398 g/mol. The number of benzene rings is 1. The number of hydrogen-bond donors (Lipinski definition) is 0. The van der Waals surface area contributed by atoms with E-state index in [4.69, 9.17) is 0 Å². The molecule has 1 aromatic rings. The third-order valence-electron chi connectivity index (χ3n) is 6.73. The lowest BCUT2D eigenvalue weighted by molar-refractivity contribution is -0.0546. The van der Waals surface area contributed by atoms with Crippen LogP contribution in [-0.2, 0) is 0 Å². The van der Waals surface area contributed by atoms with E-state index in [9.17, 15) is 17.6 Å². The van der Waals surface area contributed by atoms with Crippen molar-refractivity contribution < 1.29 is 22.3 Å². The summed E-state index contributed by atoms with van der Waals surface area (Å²) >= 11 is 0. The molecular weight excluding hydrogens is 368 g/mol. The number of ether oxygens (including phenoxy) is 1. The lowest BCUT2D eigenvalue weighted by Gasteiger charge is -2.38. The number of rotatable bonds is 6. The SMILES string of the molecule is C/C=C/CC1CCC(C2CCC(c3cc(F)c(OC(F)F)c(F)c3)CC2)CC1. The van der Waals surface area contributed by atoms with E-state index in [0.717, 1.165) is 49.7 Å². The van der Waals surface area contributed by atoms with Gasteiger partial charge in [0.25, 0.3) is 0 Å². The van der Waals surface area contributed by atoms with Crippen LogP contribution in [0, 0.1) is 29.4 Å². The Morgan fingerprint density at radius 3 is 1.96 bits per heavy atom. The molecule has 0 aliphatic heterocycles. The summed E-state index contributed by atoms with van der Waals surface area (Å²) in [7, 11) is 0. The van der Waals surface area contributed by atoms with Gasteiger partial charge in [0.1, 0.15) is 0 Å². The van der Waals surface area contributed by atoms with Crippen LogP contribution in [0.4, 0.5) is 17.6 Å². The highest BCUT2D eigenvalue weighted by Crippen LogP contribution is 2.45. The van der Waals surface area contributed by atoms with E-state index in [1.54, 1.807) is 0 Å². The van der Waals surface area contributed by atoms with Crippen LogP contribution >= 0.6 is 0 Å². The average Bonchev–Trinajstić information content (AvgIpc) is 2.69. The fourth-order valence-corrected chi connectivity index (χ4v) is 5.16. The van der Waals surface area contributed by atoms with E-state index < -0.39 is 24.0 Å². The molecule has 0 amide bonds. The van der Waals surface area contributed by atoms with E-state index in [2.05, 4.69) is 23.8 Å². The Kier molecular flexibility index (Phi) is 7.42. The predicted molar refractivity (Wildman–Crippen MR) is 103 cm³/mol. The van der Waals surface area contributed by atoms with Crippen molar-refractivity contribution in [3.63, 3.8) is 0 Å². The molecular formula is C23H30F4O. The molecule has 1 aromatic carbocycles. The Morgan fingerprint density at radius 1 is 0.929 bits per heavy atom. The number of alkyl halides is 2. The lowest BCUT2D eigenvalue weighted by atomic mass is 9.68. The minimum atomic E-state index is -3.24. The van der Waals surface area contributed by atoms with Gasteiger partial charge in [-0.2, -0.15) is 8.78 Å². The molecule has 2 fully saturated rings. The van der Waals surface area contributed by atoms with Crippen molar-refractivity contribution in [2.75, 3.05) is 0 Å². The molecule has 156 valence electrons. The summed E-state index contributed by atoms with van der Waals surface area (Å²) in [5, 5.41) is 0. The Hall–Kier alpha value is -1.52. The topological polar surface area (TPSA) is 9.23 Å². The van der Waals surface area contributed by atoms with Crippen molar-refractivity contribution in [1.29, 1.82) is 0 Å². The number of hydrogen-bond acceptors (Lipinski definition) is 1. The monoisotopic (exact) mass is 398 g/mol. The molecule has 0 spiro atoms. The van der Waals surface area contributed by atoms with Gasteiger partial charge >= 0.3 is 6.61 Å². The van der Waals surface area contributed by atoms with Crippen molar-refractivity contribution in [3.8, 4) is 5.75 Å². The predicted octanol–water partition coefficient (Wildman–Crippen LogP) is 7.61. The molecule has 2 aliphatic carbocycles. The van der Waals surface area contributed by atoms with E-state index in [1.807, 2.05) is 0 Å². The fraction of sp³-hybridized carbons (Fsp3) is 0.652. The summed E-state index contributed by atoms with van der Waals surface area (Å²) in [6.07, 6.45) is 14.7. The van der Waals surface area contributed by atoms with Crippen LogP contribution in [0.5, 0.6) is 5.75 Å². The van der Waals surface area contributed by atoms with Crippen LogP contribution in [0.25, 0.3) is 0 Å². The first kappa shape index (κ1) is 21.2. The Bertz CT molecular complexity index is 634. The summed E-state index contributed by atoms with van der Waals surface area (Å²) < 4.78 is 56.6. The summed E-state index contributed by atoms with van der Waals surface area (Å²) in [5.41, 5.74) is 0.560. The van der Waals surface area contributed by atoms with E-state index in [1.165, 1.54) is 32.1 Å². The van der Waals surface area contributed by atoms with E-state index in [0.29, 0.717) is 11.5 Å². The maximum absolute atomic E-state index is 14.0. The number of allylic oxidation sites excluding steroid dienone is 2. The minimum Gasteiger partial charge on any atom is -0.429 e. The second-order valence-electron chi connectivity index (χ2n) is 8.39. The molecule has 0 saturated heterocycles. The Morgan fingerprint density at radius 2 is 1.46 bits per heavy atom. The third kappa shape index (κ3) is 5.30. The molecule has 0 heterocycles. The smallest absolute Gasteiger partial charge is 0.387 e. The highest BCUT2D eigenvalue weighted by atomic mass is 19.3. The summed E-state index contributed by atoms with van der Waals surface area (Å²) in [4.78, 5) is 0. The Balaban J connectivity index is 1.53. The molecule has 0 aromatic heterocycles. The van der Waals surface area contributed by atoms with Crippen molar-refractivity contribution in [3.05, 3.63) is 41.5 Å². The molecule has 28 heavy (non-hydrogen) atoms. The van der Waals surface area contributed by atoms with Gasteiger partial charge in [0.05, 0.1) is 0 Å². The fourth-order valence-electron chi connectivity index (χ4n) is 5.16. The van der Waals surface area contributed by atoms with Crippen LogP contribution in [0.2, 0.25) is 0 Å². The Labute approximate surface area is 165 Å². The van der Waals surface area contributed by atoms with Gasteiger partial charge in [-0.05, 0) is 106 Å². The van der Waals surface area contributed by atoms with Gasteiger partial charge in [-0.3, -0.25) is 0 Å². The van der Waals surface area contributed by atoms with Crippen molar-refractivity contribution >= 4 is 0 Å². The molecule has 0 atom stereocenters. The maximum atomic E-state index is 14.0. The first-order chi connectivity index (χ1) is 13.5. The van der Waals surface area contributed by atoms with Gasteiger partial charge < -0.3 is 4.74 Å². The first-order valence-corrected chi connectivity index (χ1v) is 10.5. The van der Waals surface area contributed by atoms with E-state index >= 15 is 0 Å². The zero-order valence-corrected chi connectivity index (χ0v) is 16.5. The minimum absolute atomic E-state index is 0.0897. The van der Waals surface area contributed by atoms with Gasteiger partial charge in [0, 0.05) is 0 Å². The largest absolute Gasteiger partial charge is 0.429 e. The molecule has 5 heteroatoms. The second-order valence-corrected chi connectivity index (χ2v) is 8.39. The third-order valence-corrected chi connectivity index (χ3v) is 6.73. The molecule has 0 unspecified atom stereocenters. The zero-order valence-electron chi connectivity index (χ0n) is 16.5. The van der Waals surface area contributed by atoms with Crippen LogP contribution in [0.3, 0.4) is 0 Å². The molecule has 1 nitrogen and oxygen atoms in total. The molecule has 0 radical (unpaired) electrons. The van der Waals surface area contributed by atoms with Gasteiger partial charge in [-0.15, -0.1) is 0 Å². The lowest BCUT2D eigenvalue weighted by Crippen LogP contribution is -2.25. The second kappa shape index (κ2) is 9.80. The van der Waals surface area contributed by atoms with Gasteiger partial charge in [0.15, 0.2) is 17.4 Å². The zero-order chi connectivity index (χ0) is 20.1. The maximum Gasteiger partial charge on any atom is 0.387 e. The molecule has 2 aliphatic rings. The van der Waals surface area contributed by atoms with Crippen molar-refractivity contribution in [1.82, 2.24) is 0 Å². The van der Waals surface area contributed by atoms with Gasteiger partial charge in [0.2, 0.25) is 0 Å². The van der Waals surface area contributed by atoms with Crippen LogP contribution < -0.4 is 4.74 Å². The van der Waals surface area contributed by atoms with Crippen molar-refractivity contribution in [2.24, 2.45) is 17.8 Å². The summed E-state index contributed by atoms with van der Waals surface area (Å²) in [6.45, 7) is -1.17. The summed E-state index contributed by atoms with van der Waals surface area (Å²) in [5.74, 6) is -0.681. The highest BCUT2D eigenvalue weighted by Gasteiger charge is 2.31. The van der Waals surface area contributed by atoms with Crippen molar-refractivity contribution in [2.45, 2.75) is 77.2 Å². The molecule has 3 rings (SSSR count). The normalized spacial score (nSPS) is 28.8. The molecule has 0 bridgehead atoms. The van der Waals surface area contributed by atoms with Crippen LogP contribution in [0.15, 0.2) is 24.3 Å². The van der Waals surface area contributed by atoms with Crippen LogP contribution in [0.1, 0.15) is 76.2 Å². The highest BCUT2D eigenvalue weighted by molar-refractivity contribution is 5.33. The van der Waals surface area contributed by atoms with Crippen LogP contribution in [-0.4, -0.2) is 6.61 Å². The first-order valence-electron chi connectivity index (χ1n) is 10.5. The standard InChI is InChI=1S/C23H30F4O/c1-2-3-4-15-5-7-16(8-6-15)17-9-11-18(12-10-17)19-13-20(24)22(21(25)14-19)28-23(26)27/h2-3,13-18,23H,4-12H2,1H3/b3-2+. The van der Waals surface area contributed by atoms with E-state index in [-0.39, 0.29) is 5.92 Å². The number of halogens is 4. The molecule has 2 saturated carbocycles.